The largest absolute Gasteiger partial charge is 0.353 e. The molecule has 0 aliphatic carbocycles. The smallest absolute Gasteiger partial charge is 0.129 e. The van der Waals surface area contributed by atoms with Gasteiger partial charge in [-0.15, -0.1) is 0 Å². The number of nitrogens with zero attached hydrogens (tertiary/aromatic N) is 2. The van der Waals surface area contributed by atoms with Gasteiger partial charge in [0.15, 0.2) is 0 Å². The van der Waals surface area contributed by atoms with E-state index in [0.29, 0.717) is 0 Å². The average molecular weight is 214 g/mol. The minimum atomic E-state index is 0.824. The third-order valence-corrected chi connectivity index (χ3v) is 5.00. The molecule has 0 atom stereocenters. The van der Waals surface area contributed by atoms with E-state index in [2.05, 4.69) is 19.6 Å². The molecule has 0 radical (unpaired) electrons. The summed E-state index contributed by atoms with van der Waals surface area (Å²) in [6, 6.07) is 0.824. The maximum absolute atomic E-state index is 4.05. The fraction of sp³-hybridized carbons (Fsp3) is 1.00. The maximum atomic E-state index is 4.05. The lowest BCUT2D eigenvalue weighted by atomic mass is 10.1. The van der Waals surface area contributed by atoms with Gasteiger partial charge in [-0.05, 0) is 13.8 Å². The van der Waals surface area contributed by atoms with Crippen molar-refractivity contribution in [3.05, 3.63) is 0 Å². The van der Waals surface area contributed by atoms with E-state index in [1.807, 2.05) is 0 Å². The topological polar surface area (TPSA) is 27.6 Å². The van der Waals surface area contributed by atoms with Crippen LogP contribution in [-0.4, -0.2) is 67.4 Å². The molecule has 0 spiro atoms. The molecule has 0 amide bonds. The third kappa shape index (κ3) is 1.93. The fourth-order valence-electron chi connectivity index (χ4n) is 3.66. The van der Waals surface area contributed by atoms with Crippen LogP contribution in [0.2, 0.25) is 0 Å². The summed E-state index contributed by atoms with van der Waals surface area (Å²) in [4.78, 5) is 0. The number of hydrogen-bond acceptors (Lipinski definition) is 0. The molecule has 15 heavy (non-hydrogen) atoms. The van der Waals surface area contributed by atoms with E-state index in [-0.39, 0.29) is 0 Å². The van der Waals surface area contributed by atoms with Crippen LogP contribution in [0.25, 0.3) is 0 Å². The molecule has 0 unspecified atom stereocenters. The third-order valence-electron chi connectivity index (χ3n) is 5.00. The van der Waals surface area contributed by atoms with Crippen LogP contribution in [0.15, 0.2) is 0 Å². The molecular formula is C12H28N3+3. The van der Waals surface area contributed by atoms with Crippen molar-refractivity contribution in [2.24, 2.45) is 0 Å². The second kappa shape index (κ2) is 4.04. The molecule has 0 aromatic rings. The predicted molar refractivity (Wildman–Crippen MR) is 62.1 cm³/mol. The quantitative estimate of drug-likeness (QED) is 0.624. The highest BCUT2D eigenvalue weighted by Crippen LogP contribution is 2.27. The molecule has 0 saturated carbocycles. The molecule has 0 aromatic carbocycles. The number of quaternary nitrogens is 3. The van der Waals surface area contributed by atoms with Crippen molar-refractivity contribution in [1.29, 1.82) is 0 Å². The van der Waals surface area contributed by atoms with Gasteiger partial charge < -0.3 is 14.7 Å². The SMILES string of the molecule is CC(C)[N+]12CCC[N+](CC[NH3+])(CC1)CC2. The predicted octanol–water partition coefficient (Wildman–Crippen LogP) is -0.312. The Hall–Kier alpha value is -0.120. The van der Waals surface area contributed by atoms with Gasteiger partial charge in [0.2, 0.25) is 0 Å². The maximum Gasteiger partial charge on any atom is 0.129 e. The Kier molecular flexibility index (Phi) is 3.06. The zero-order chi connectivity index (χ0) is 10.9. The van der Waals surface area contributed by atoms with Gasteiger partial charge in [-0.2, -0.15) is 0 Å². The fourth-order valence-corrected chi connectivity index (χ4v) is 3.66. The van der Waals surface area contributed by atoms with Crippen LogP contribution in [0.5, 0.6) is 0 Å². The molecule has 3 aliphatic heterocycles. The molecule has 3 aliphatic rings. The minimum Gasteiger partial charge on any atom is -0.353 e. The first-order valence-electron chi connectivity index (χ1n) is 6.63. The molecule has 88 valence electrons. The van der Waals surface area contributed by atoms with Gasteiger partial charge in [0.1, 0.15) is 39.3 Å². The van der Waals surface area contributed by atoms with E-state index in [9.17, 15) is 0 Å². The van der Waals surface area contributed by atoms with Crippen LogP contribution in [-0.2, 0) is 0 Å². The highest BCUT2D eigenvalue weighted by Gasteiger charge is 2.46. The van der Waals surface area contributed by atoms with Crippen LogP contribution in [0.1, 0.15) is 20.3 Å². The van der Waals surface area contributed by atoms with E-state index in [1.165, 1.54) is 61.2 Å². The Morgan fingerprint density at radius 1 is 1.00 bits per heavy atom. The van der Waals surface area contributed by atoms with Crippen molar-refractivity contribution in [3.8, 4) is 0 Å². The molecule has 3 fully saturated rings. The highest BCUT2D eigenvalue weighted by atomic mass is 15.5. The summed E-state index contributed by atoms with van der Waals surface area (Å²) in [6.07, 6.45) is 1.43. The highest BCUT2D eigenvalue weighted by molar-refractivity contribution is 4.62. The number of rotatable bonds is 3. The average Bonchev–Trinajstić information content (AvgIpc) is 2.49. The molecule has 3 saturated heterocycles. The van der Waals surface area contributed by atoms with E-state index in [4.69, 9.17) is 0 Å². The van der Waals surface area contributed by atoms with Gasteiger partial charge in [-0.3, -0.25) is 0 Å². The van der Waals surface area contributed by atoms with Crippen molar-refractivity contribution in [3.63, 3.8) is 0 Å². The van der Waals surface area contributed by atoms with Gasteiger partial charge in [-0.1, -0.05) is 0 Å². The molecule has 0 aromatic heterocycles. The zero-order valence-electron chi connectivity index (χ0n) is 10.5. The zero-order valence-corrected chi connectivity index (χ0v) is 10.5. The molecule has 3 heteroatoms. The van der Waals surface area contributed by atoms with E-state index < -0.39 is 0 Å². The summed E-state index contributed by atoms with van der Waals surface area (Å²) in [6.45, 7) is 15.7. The van der Waals surface area contributed by atoms with Crippen molar-refractivity contribution in [1.82, 2.24) is 0 Å². The summed E-state index contributed by atoms with van der Waals surface area (Å²) in [7, 11) is 0. The first-order chi connectivity index (χ1) is 7.13. The second-order valence-corrected chi connectivity index (χ2v) is 5.93. The monoisotopic (exact) mass is 214 g/mol. The van der Waals surface area contributed by atoms with Crippen LogP contribution in [0.3, 0.4) is 0 Å². The summed E-state index contributed by atoms with van der Waals surface area (Å²) in [5.41, 5.74) is 4.05. The molecule has 3 N–H and O–H groups in total. The molecule has 2 bridgehead atoms. The molecule has 3 rings (SSSR count). The van der Waals surface area contributed by atoms with E-state index in [0.717, 1.165) is 12.6 Å². The van der Waals surface area contributed by atoms with Gasteiger partial charge in [0, 0.05) is 6.42 Å². The summed E-state index contributed by atoms with van der Waals surface area (Å²) >= 11 is 0. The van der Waals surface area contributed by atoms with Crippen LogP contribution >= 0.6 is 0 Å². The molecular weight excluding hydrogens is 186 g/mol. The van der Waals surface area contributed by atoms with Crippen molar-refractivity contribution >= 4 is 0 Å². The second-order valence-electron chi connectivity index (χ2n) is 5.93. The Balaban J connectivity index is 2.11. The standard InChI is InChI=1S/C12H27N3/c1-12(2)15-6-3-5-14(7-4-13,8-10-15)9-11-15/h12H,3-11,13H2,1-2H3/q+2/p+1. The van der Waals surface area contributed by atoms with Crippen molar-refractivity contribution < 1.29 is 14.7 Å². The van der Waals surface area contributed by atoms with Gasteiger partial charge in [0.05, 0.1) is 19.1 Å². The first-order valence-corrected chi connectivity index (χ1v) is 6.63. The Bertz CT molecular complexity index is 217. The van der Waals surface area contributed by atoms with E-state index >= 15 is 0 Å². The van der Waals surface area contributed by atoms with Crippen LogP contribution in [0, 0.1) is 0 Å². The van der Waals surface area contributed by atoms with Gasteiger partial charge >= 0.3 is 0 Å². The Labute approximate surface area is 94.0 Å². The minimum absolute atomic E-state index is 0.824. The Morgan fingerprint density at radius 3 is 2.20 bits per heavy atom. The van der Waals surface area contributed by atoms with Crippen molar-refractivity contribution in [2.75, 3.05) is 52.4 Å². The lowest BCUT2D eigenvalue weighted by Crippen LogP contribution is -2.69. The van der Waals surface area contributed by atoms with Gasteiger partial charge in [-0.25, -0.2) is 0 Å². The van der Waals surface area contributed by atoms with Crippen molar-refractivity contribution in [2.45, 2.75) is 26.3 Å². The summed E-state index contributed by atoms with van der Waals surface area (Å²) in [5, 5.41) is 0. The first kappa shape index (κ1) is 11.4. The number of piperazine rings is 1. The van der Waals surface area contributed by atoms with Gasteiger partial charge in [0.25, 0.3) is 0 Å². The lowest BCUT2D eigenvalue weighted by Gasteiger charge is -2.47. The van der Waals surface area contributed by atoms with Crippen LogP contribution in [0.4, 0.5) is 0 Å². The normalized spacial score (nSPS) is 40.8. The van der Waals surface area contributed by atoms with Crippen LogP contribution < -0.4 is 5.73 Å². The lowest BCUT2D eigenvalue weighted by molar-refractivity contribution is -1.03. The molecule has 3 nitrogen and oxygen atoms in total. The Morgan fingerprint density at radius 2 is 1.67 bits per heavy atom. The number of fused-ring (bicyclic) bond motifs is 4. The number of hydrogen-bond donors (Lipinski definition) is 1. The summed E-state index contributed by atoms with van der Waals surface area (Å²) in [5.74, 6) is 0. The summed E-state index contributed by atoms with van der Waals surface area (Å²) < 4.78 is 2.79. The molecule has 3 heterocycles. The van der Waals surface area contributed by atoms with E-state index in [1.54, 1.807) is 0 Å².